The van der Waals surface area contributed by atoms with E-state index in [1.807, 2.05) is 0 Å². The lowest BCUT2D eigenvalue weighted by atomic mass is 9.44. The SMILES string of the molecule is C[C@]12C[C@H](N3CCOCC3)[C@@H](O)C[C@@H]1CC[C@@H]1[C@@H]2CC[C@]2(C)[C@@H](C(=O)CCl)CC[C@@H]12. The minimum absolute atomic E-state index is 0.161. The number of morpholine rings is 1. The minimum atomic E-state index is -0.191. The van der Waals surface area contributed by atoms with Gasteiger partial charge in [0.05, 0.1) is 25.2 Å². The van der Waals surface area contributed by atoms with Gasteiger partial charge in [-0.2, -0.15) is 0 Å². The maximum atomic E-state index is 12.6. The molecule has 0 aromatic carbocycles. The molecule has 5 aliphatic rings. The van der Waals surface area contributed by atoms with Gasteiger partial charge in [-0.25, -0.2) is 0 Å². The van der Waals surface area contributed by atoms with Crippen LogP contribution in [0.25, 0.3) is 0 Å². The van der Waals surface area contributed by atoms with Crippen LogP contribution in [-0.4, -0.2) is 60.1 Å². The molecule has 1 aliphatic heterocycles. The summed E-state index contributed by atoms with van der Waals surface area (Å²) in [6.45, 7) is 8.48. The van der Waals surface area contributed by atoms with Gasteiger partial charge in [-0.1, -0.05) is 13.8 Å². The van der Waals surface area contributed by atoms with Crippen LogP contribution in [0, 0.1) is 40.4 Å². The summed E-state index contributed by atoms with van der Waals surface area (Å²) in [5, 5.41) is 11.1. The number of halogens is 1. The lowest BCUT2D eigenvalue weighted by Crippen LogP contribution is -2.60. The lowest BCUT2D eigenvalue weighted by Gasteiger charge is -2.62. The van der Waals surface area contributed by atoms with Gasteiger partial charge in [-0.05, 0) is 85.9 Å². The number of aliphatic hydroxyl groups excluding tert-OH is 1. The van der Waals surface area contributed by atoms with E-state index < -0.39 is 0 Å². The Hall–Kier alpha value is -0.160. The van der Waals surface area contributed by atoms with Crippen LogP contribution in [0.15, 0.2) is 0 Å². The van der Waals surface area contributed by atoms with E-state index in [9.17, 15) is 9.90 Å². The number of rotatable bonds is 3. The Morgan fingerprint density at radius 2 is 1.80 bits per heavy atom. The van der Waals surface area contributed by atoms with Crippen molar-refractivity contribution in [1.29, 1.82) is 0 Å². The average Bonchev–Trinajstić information content (AvgIpc) is 3.11. The molecule has 170 valence electrons. The summed E-state index contributed by atoms with van der Waals surface area (Å²) >= 11 is 5.99. The molecular weight excluding hydrogens is 398 g/mol. The Balaban J connectivity index is 1.39. The molecule has 0 spiro atoms. The van der Waals surface area contributed by atoms with E-state index >= 15 is 0 Å². The molecule has 5 fully saturated rings. The van der Waals surface area contributed by atoms with Crippen molar-refractivity contribution in [3.63, 3.8) is 0 Å². The summed E-state index contributed by atoms with van der Waals surface area (Å²) in [5.41, 5.74) is 0.481. The van der Waals surface area contributed by atoms with E-state index in [2.05, 4.69) is 18.7 Å². The molecule has 5 heteroatoms. The number of hydrogen-bond donors (Lipinski definition) is 1. The van der Waals surface area contributed by atoms with Gasteiger partial charge < -0.3 is 9.84 Å². The van der Waals surface area contributed by atoms with E-state index in [0.29, 0.717) is 17.3 Å². The zero-order valence-electron chi connectivity index (χ0n) is 18.8. The topological polar surface area (TPSA) is 49.8 Å². The molecule has 0 bridgehead atoms. The zero-order chi connectivity index (χ0) is 21.1. The standard InChI is InChI=1S/C25H40ClNO3/c1-24-8-7-19-17(18(24)5-6-20(24)23(29)15-26)4-3-16-13-22(28)21(14-25(16,19)2)27-9-11-30-12-10-27/h16-22,28H,3-15H2,1-2H3/t16-,17-,18-,19-,20+,21-,22-,24-,25-/m0/s1. The molecule has 0 radical (unpaired) electrons. The van der Waals surface area contributed by atoms with Crippen molar-refractivity contribution >= 4 is 17.4 Å². The summed E-state index contributed by atoms with van der Waals surface area (Å²) in [6.07, 6.45) is 9.15. The number of Topliss-reactive ketones (excluding diaryl/α,β-unsaturated/α-hetero) is 1. The van der Waals surface area contributed by atoms with Crippen molar-refractivity contribution in [2.24, 2.45) is 40.4 Å². The molecule has 4 nitrogen and oxygen atoms in total. The number of ether oxygens (including phenoxy) is 1. The molecular formula is C25H40ClNO3. The summed E-state index contributed by atoms with van der Waals surface area (Å²) in [7, 11) is 0. The second kappa shape index (κ2) is 8.01. The van der Waals surface area contributed by atoms with Gasteiger partial charge in [-0.15, -0.1) is 11.6 Å². The molecule has 1 saturated heterocycles. The Bertz CT molecular complexity index is 667. The fourth-order valence-electron chi connectivity index (χ4n) is 9.18. The predicted octanol–water partition coefficient (Wildman–Crippen LogP) is 4.12. The van der Waals surface area contributed by atoms with E-state index in [-0.39, 0.29) is 35.1 Å². The number of nitrogens with zero attached hydrogens (tertiary/aromatic N) is 1. The highest BCUT2D eigenvalue weighted by molar-refractivity contribution is 6.28. The maximum absolute atomic E-state index is 12.6. The number of ketones is 1. The number of aliphatic hydroxyl groups is 1. The van der Waals surface area contributed by atoms with Crippen LogP contribution in [0.4, 0.5) is 0 Å². The molecule has 4 aliphatic carbocycles. The Morgan fingerprint density at radius 1 is 1.07 bits per heavy atom. The third-order valence-corrected chi connectivity index (χ3v) is 11.0. The summed E-state index contributed by atoms with van der Waals surface area (Å²) in [4.78, 5) is 15.1. The second-order valence-electron chi connectivity index (χ2n) is 11.7. The summed E-state index contributed by atoms with van der Waals surface area (Å²) in [6, 6.07) is 0.288. The van der Waals surface area contributed by atoms with Crippen LogP contribution in [0.3, 0.4) is 0 Å². The monoisotopic (exact) mass is 437 g/mol. The molecule has 4 saturated carbocycles. The van der Waals surface area contributed by atoms with Crippen LogP contribution < -0.4 is 0 Å². The van der Waals surface area contributed by atoms with Crippen molar-refractivity contribution < 1.29 is 14.6 Å². The highest BCUT2D eigenvalue weighted by Gasteiger charge is 2.62. The third kappa shape index (κ3) is 3.23. The Kier molecular flexibility index (Phi) is 5.78. The minimum Gasteiger partial charge on any atom is -0.391 e. The normalized spacial score (nSPS) is 51.7. The lowest BCUT2D eigenvalue weighted by molar-refractivity contribution is -0.156. The molecule has 1 N–H and O–H groups in total. The van der Waals surface area contributed by atoms with Crippen LogP contribution in [0.2, 0.25) is 0 Å². The largest absolute Gasteiger partial charge is 0.391 e. The zero-order valence-corrected chi connectivity index (χ0v) is 19.6. The van der Waals surface area contributed by atoms with E-state index in [1.165, 1.54) is 32.1 Å². The second-order valence-corrected chi connectivity index (χ2v) is 11.9. The number of carbonyl (C=O) groups is 1. The molecule has 0 aromatic rings. The van der Waals surface area contributed by atoms with Gasteiger partial charge in [0, 0.05) is 25.0 Å². The van der Waals surface area contributed by atoms with Crippen LogP contribution in [-0.2, 0) is 9.53 Å². The number of alkyl halides is 1. The molecule has 0 amide bonds. The number of hydrogen-bond acceptors (Lipinski definition) is 4. The smallest absolute Gasteiger partial charge is 0.151 e. The fraction of sp³-hybridized carbons (Fsp3) is 0.960. The molecule has 9 atom stereocenters. The molecule has 5 rings (SSSR count). The average molecular weight is 438 g/mol. The van der Waals surface area contributed by atoms with Crippen molar-refractivity contribution in [2.75, 3.05) is 32.2 Å². The van der Waals surface area contributed by atoms with Crippen LogP contribution >= 0.6 is 11.6 Å². The highest BCUT2D eigenvalue weighted by atomic mass is 35.5. The molecule has 0 aromatic heterocycles. The first-order chi connectivity index (χ1) is 14.4. The van der Waals surface area contributed by atoms with Crippen molar-refractivity contribution in [3.8, 4) is 0 Å². The number of carbonyl (C=O) groups excluding carboxylic acids is 1. The van der Waals surface area contributed by atoms with Gasteiger partial charge in [0.2, 0.25) is 0 Å². The Morgan fingerprint density at radius 3 is 2.53 bits per heavy atom. The van der Waals surface area contributed by atoms with Crippen molar-refractivity contribution in [1.82, 2.24) is 4.90 Å². The first-order valence-corrected chi connectivity index (χ1v) is 13.0. The third-order valence-electron chi connectivity index (χ3n) is 10.7. The van der Waals surface area contributed by atoms with Gasteiger partial charge in [-0.3, -0.25) is 9.69 Å². The molecule has 1 heterocycles. The van der Waals surface area contributed by atoms with E-state index in [1.54, 1.807) is 0 Å². The van der Waals surface area contributed by atoms with Gasteiger partial charge in [0.15, 0.2) is 5.78 Å². The molecule has 0 unspecified atom stereocenters. The summed E-state index contributed by atoms with van der Waals surface area (Å²) < 4.78 is 5.58. The fourth-order valence-corrected chi connectivity index (χ4v) is 9.37. The first-order valence-electron chi connectivity index (χ1n) is 12.5. The van der Waals surface area contributed by atoms with Gasteiger partial charge in [0.25, 0.3) is 0 Å². The van der Waals surface area contributed by atoms with Gasteiger partial charge in [0.1, 0.15) is 0 Å². The van der Waals surface area contributed by atoms with Crippen molar-refractivity contribution in [2.45, 2.75) is 77.4 Å². The Labute approximate surface area is 187 Å². The summed E-state index contributed by atoms with van der Waals surface area (Å²) in [5.74, 6) is 3.47. The van der Waals surface area contributed by atoms with E-state index in [0.717, 1.165) is 57.4 Å². The van der Waals surface area contributed by atoms with Crippen LogP contribution in [0.1, 0.15) is 65.2 Å². The number of fused-ring (bicyclic) bond motifs is 5. The van der Waals surface area contributed by atoms with Crippen molar-refractivity contribution in [3.05, 3.63) is 0 Å². The molecule has 30 heavy (non-hydrogen) atoms. The van der Waals surface area contributed by atoms with E-state index in [4.69, 9.17) is 16.3 Å². The quantitative estimate of drug-likeness (QED) is 0.674. The predicted molar refractivity (Wildman–Crippen MR) is 119 cm³/mol. The highest BCUT2D eigenvalue weighted by Crippen LogP contribution is 2.67. The maximum Gasteiger partial charge on any atom is 0.151 e. The first kappa shape index (κ1) is 21.7. The van der Waals surface area contributed by atoms with Crippen LogP contribution in [0.5, 0.6) is 0 Å². The van der Waals surface area contributed by atoms with Gasteiger partial charge >= 0.3 is 0 Å².